The standard InChI is InChI=1S/C8H8ClNO2/c1-2-5-10-8(11)6-3-4-7(9)12-6/h2-4H,1,5H2,(H,10,11). The van der Waals surface area contributed by atoms with Crippen LogP contribution < -0.4 is 5.32 Å². The summed E-state index contributed by atoms with van der Waals surface area (Å²) in [7, 11) is 0. The van der Waals surface area contributed by atoms with Gasteiger partial charge in [0.15, 0.2) is 11.0 Å². The zero-order valence-corrected chi connectivity index (χ0v) is 7.10. The molecular weight excluding hydrogens is 178 g/mol. The fourth-order valence-electron chi connectivity index (χ4n) is 0.688. The van der Waals surface area contributed by atoms with E-state index < -0.39 is 0 Å². The number of halogens is 1. The van der Waals surface area contributed by atoms with Crippen molar-refractivity contribution in [1.29, 1.82) is 0 Å². The van der Waals surface area contributed by atoms with Gasteiger partial charge in [-0.2, -0.15) is 0 Å². The van der Waals surface area contributed by atoms with Gasteiger partial charge in [-0.25, -0.2) is 0 Å². The average molecular weight is 186 g/mol. The van der Waals surface area contributed by atoms with Gasteiger partial charge in [-0.15, -0.1) is 6.58 Å². The monoisotopic (exact) mass is 185 g/mol. The summed E-state index contributed by atoms with van der Waals surface area (Å²) < 4.78 is 4.86. The second kappa shape index (κ2) is 3.97. The first kappa shape index (κ1) is 8.87. The topological polar surface area (TPSA) is 42.2 Å². The molecule has 0 spiro atoms. The Kier molecular flexibility index (Phi) is 2.94. The fourth-order valence-corrected chi connectivity index (χ4v) is 0.834. The highest BCUT2D eigenvalue weighted by Gasteiger charge is 2.07. The van der Waals surface area contributed by atoms with Crippen LogP contribution in [0.1, 0.15) is 10.6 Å². The van der Waals surface area contributed by atoms with Crippen LogP contribution in [0.4, 0.5) is 0 Å². The smallest absolute Gasteiger partial charge is 0.287 e. The van der Waals surface area contributed by atoms with E-state index in [1.54, 1.807) is 6.08 Å². The molecule has 1 rings (SSSR count). The van der Waals surface area contributed by atoms with E-state index in [1.165, 1.54) is 12.1 Å². The van der Waals surface area contributed by atoms with Crippen LogP contribution in [-0.2, 0) is 0 Å². The van der Waals surface area contributed by atoms with Crippen molar-refractivity contribution in [3.63, 3.8) is 0 Å². The molecule has 1 aromatic heterocycles. The van der Waals surface area contributed by atoms with Gasteiger partial charge in [-0.05, 0) is 23.7 Å². The maximum Gasteiger partial charge on any atom is 0.287 e. The zero-order chi connectivity index (χ0) is 8.97. The van der Waals surface area contributed by atoms with E-state index in [0.29, 0.717) is 6.54 Å². The largest absolute Gasteiger partial charge is 0.440 e. The van der Waals surface area contributed by atoms with Crippen LogP contribution in [0.15, 0.2) is 29.2 Å². The Hall–Kier alpha value is -1.22. The maximum absolute atomic E-state index is 11.1. The van der Waals surface area contributed by atoms with E-state index >= 15 is 0 Å². The van der Waals surface area contributed by atoms with E-state index in [2.05, 4.69) is 11.9 Å². The van der Waals surface area contributed by atoms with Crippen molar-refractivity contribution < 1.29 is 9.21 Å². The molecule has 0 saturated heterocycles. The molecule has 1 amide bonds. The number of amides is 1. The van der Waals surface area contributed by atoms with Gasteiger partial charge in [0.25, 0.3) is 5.91 Å². The van der Waals surface area contributed by atoms with Crippen LogP contribution in [0.3, 0.4) is 0 Å². The van der Waals surface area contributed by atoms with Crippen molar-refractivity contribution in [3.8, 4) is 0 Å². The Morgan fingerprint density at radius 3 is 3.00 bits per heavy atom. The SMILES string of the molecule is C=CCNC(=O)c1ccc(Cl)o1. The zero-order valence-electron chi connectivity index (χ0n) is 6.34. The molecule has 0 aromatic carbocycles. The predicted octanol–water partition coefficient (Wildman–Crippen LogP) is 1.85. The fraction of sp³-hybridized carbons (Fsp3) is 0.125. The molecular formula is C8H8ClNO2. The van der Waals surface area contributed by atoms with Gasteiger partial charge in [0.1, 0.15) is 0 Å². The first-order chi connectivity index (χ1) is 5.74. The van der Waals surface area contributed by atoms with Crippen LogP contribution in [0, 0.1) is 0 Å². The van der Waals surface area contributed by atoms with Gasteiger partial charge in [0.05, 0.1) is 0 Å². The molecule has 1 heterocycles. The first-order valence-corrected chi connectivity index (χ1v) is 3.76. The van der Waals surface area contributed by atoms with E-state index in [0.717, 1.165) is 0 Å². The molecule has 1 aromatic rings. The molecule has 0 aliphatic carbocycles. The van der Waals surface area contributed by atoms with E-state index in [9.17, 15) is 4.79 Å². The molecule has 64 valence electrons. The summed E-state index contributed by atoms with van der Waals surface area (Å²) in [6.45, 7) is 3.87. The molecule has 1 N–H and O–H groups in total. The molecule has 3 nitrogen and oxygen atoms in total. The van der Waals surface area contributed by atoms with Crippen LogP contribution in [0.2, 0.25) is 5.22 Å². The Balaban J connectivity index is 2.59. The lowest BCUT2D eigenvalue weighted by Crippen LogP contribution is -2.22. The number of carbonyl (C=O) groups is 1. The van der Waals surface area contributed by atoms with Crippen LogP contribution >= 0.6 is 11.6 Å². The molecule has 0 aliphatic heterocycles. The minimum atomic E-state index is -0.290. The number of hydrogen-bond donors (Lipinski definition) is 1. The first-order valence-electron chi connectivity index (χ1n) is 3.38. The second-order valence-electron chi connectivity index (χ2n) is 2.10. The molecule has 0 saturated carbocycles. The second-order valence-corrected chi connectivity index (χ2v) is 2.47. The van der Waals surface area contributed by atoms with Crippen molar-refractivity contribution in [2.75, 3.05) is 6.54 Å². The summed E-state index contributed by atoms with van der Waals surface area (Å²) in [6, 6.07) is 3.03. The van der Waals surface area contributed by atoms with Crippen molar-refractivity contribution in [3.05, 3.63) is 35.8 Å². The highest BCUT2D eigenvalue weighted by atomic mass is 35.5. The third-order valence-corrected chi connectivity index (χ3v) is 1.41. The van der Waals surface area contributed by atoms with Gasteiger partial charge in [-0.3, -0.25) is 4.79 Å². The van der Waals surface area contributed by atoms with Crippen LogP contribution in [0.5, 0.6) is 0 Å². The minimum Gasteiger partial charge on any atom is -0.440 e. The molecule has 0 bridgehead atoms. The molecule has 4 heteroatoms. The molecule has 0 atom stereocenters. The van der Waals surface area contributed by atoms with Gasteiger partial charge < -0.3 is 9.73 Å². The summed E-state index contributed by atoms with van der Waals surface area (Å²) in [4.78, 5) is 11.1. The normalized spacial score (nSPS) is 9.42. The number of carbonyl (C=O) groups excluding carboxylic acids is 1. The molecule has 0 radical (unpaired) electrons. The summed E-state index contributed by atoms with van der Waals surface area (Å²) in [6.07, 6.45) is 1.59. The third-order valence-electron chi connectivity index (χ3n) is 1.20. The maximum atomic E-state index is 11.1. The Morgan fingerprint density at radius 1 is 1.75 bits per heavy atom. The highest BCUT2D eigenvalue weighted by molar-refractivity contribution is 6.29. The van der Waals surface area contributed by atoms with E-state index in [1.807, 2.05) is 0 Å². The van der Waals surface area contributed by atoms with E-state index in [4.69, 9.17) is 16.0 Å². The lowest BCUT2D eigenvalue weighted by atomic mass is 10.4. The third kappa shape index (κ3) is 2.13. The van der Waals surface area contributed by atoms with Crippen molar-refractivity contribution in [2.24, 2.45) is 0 Å². The molecule has 12 heavy (non-hydrogen) atoms. The summed E-state index contributed by atoms with van der Waals surface area (Å²) >= 11 is 5.47. The van der Waals surface area contributed by atoms with Gasteiger partial charge in [0.2, 0.25) is 0 Å². The highest BCUT2D eigenvalue weighted by Crippen LogP contribution is 2.12. The van der Waals surface area contributed by atoms with Crippen molar-refractivity contribution in [1.82, 2.24) is 5.32 Å². The Morgan fingerprint density at radius 2 is 2.50 bits per heavy atom. The summed E-state index contributed by atoms with van der Waals surface area (Å²) in [5.41, 5.74) is 0. The Bertz CT molecular complexity index is 293. The lowest BCUT2D eigenvalue weighted by molar-refractivity contribution is 0.0930. The van der Waals surface area contributed by atoms with Gasteiger partial charge in [0, 0.05) is 6.54 Å². The summed E-state index contributed by atoms with van der Waals surface area (Å²) in [5.74, 6) is -0.0800. The lowest BCUT2D eigenvalue weighted by Gasteiger charge is -1.96. The molecule has 0 unspecified atom stereocenters. The number of nitrogens with one attached hydrogen (secondary N) is 1. The minimum absolute atomic E-state index is 0.207. The quantitative estimate of drug-likeness (QED) is 0.731. The van der Waals surface area contributed by atoms with E-state index in [-0.39, 0.29) is 16.9 Å². The Labute approximate surface area is 75.0 Å². The number of hydrogen-bond acceptors (Lipinski definition) is 2. The summed E-state index contributed by atoms with van der Waals surface area (Å²) in [5, 5.41) is 2.76. The number of rotatable bonds is 3. The van der Waals surface area contributed by atoms with Crippen molar-refractivity contribution >= 4 is 17.5 Å². The predicted molar refractivity (Wildman–Crippen MR) is 46.2 cm³/mol. The molecule has 0 fully saturated rings. The van der Waals surface area contributed by atoms with Crippen LogP contribution in [0.25, 0.3) is 0 Å². The van der Waals surface area contributed by atoms with Gasteiger partial charge >= 0.3 is 0 Å². The number of furan rings is 1. The van der Waals surface area contributed by atoms with Crippen molar-refractivity contribution in [2.45, 2.75) is 0 Å². The average Bonchev–Trinajstić information content (AvgIpc) is 2.47. The van der Waals surface area contributed by atoms with Crippen LogP contribution in [-0.4, -0.2) is 12.5 Å². The van der Waals surface area contributed by atoms with Gasteiger partial charge in [-0.1, -0.05) is 6.08 Å². The molecule has 0 aliphatic rings.